The number of hydrogen-bond acceptors (Lipinski definition) is 3. The molecule has 0 amide bonds. The van der Waals surface area contributed by atoms with Crippen LogP contribution in [0.25, 0.3) is 0 Å². The van der Waals surface area contributed by atoms with Crippen LogP contribution in [0.5, 0.6) is 0 Å². The van der Waals surface area contributed by atoms with E-state index in [9.17, 15) is 4.39 Å². The number of hydrogen-bond donors (Lipinski definition) is 1. The van der Waals surface area contributed by atoms with E-state index in [0.717, 1.165) is 5.56 Å². The number of rotatable bonds is 8. The molecule has 20 heavy (non-hydrogen) atoms. The summed E-state index contributed by atoms with van der Waals surface area (Å²) >= 11 is 0. The summed E-state index contributed by atoms with van der Waals surface area (Å²) in [7, 11) is 1.67. The van der Waals surface area contributed by atoms with E-state index in [-0.39, 0.29) is 11.9 Å². The highest BCUT2D eigenvalue weighted by atomic mass is 19.1. The van der Waals surface area contributed by atoms with Gasteiger partial charge in [-0.05, 0) is 25.5 Å². The van der Waals surface area contributed by atoms with Crippen molar-refractivity contribution in [2.24, 2.45) is 0 Å². The molecule has 1 N–H and O–H groups in total. The van der Waals surface area contributed by atoms with Gasteiger partial charge < -0.3 is 15.0 Å². The van der Waals surface area contributed by atoms with Gasteiger partial charge >= 0.3 is 0 Å². The third kappa shape index (κ3) is 4.76. The number of halogens is 1. The predicted octanol–water partition coefficient (Wildman–Crippen LogP) is 3.18. The Kier molecular flexibility index (Phi) is 6.96. The van der Waals surface area contributed by atoms with Crippen molar-refractivity contribution >= 4 is 5.69 Å². The van der Waals surface area contributed by atoms with Crippen molar-refractivity contribution in [3.8, 4) is 0 Å². The molecule has 0 radical (unpaired) electrons. The molecule has 0 fully saturated rings. The lowest BCUT2D eigenvalue weighted by Gasteiger charge is -2.31. The topological polar surface area (TPSA) is 24.5 Å². The molecule has 0 saturated carbocycles. The number of anilines is 1. The number of benzene rings is 1. The van der Waals surface area contributed by atoms with Gasteiger partial charge in [0.2, 0.25) is 0 Å². The van der Waals surface area contributed by atoms with E-state index in [1.54, 1.807) is 13.2 Å². The lowest BCUT2D eigenvalue weighted by atomic mass is 10.1. The minimum absolute atomic E-state index is 0.169. The molecule has 0 aliphatic heterocycles. The Morgan fingerprint density at radius 1 is 1.25 bits per heavy atom. The maximum atomic E-state index is 14.3. The molecule has 0 atom stereocenters. The Bertz CT molecular complexity index is 407. The van der Waals surface area contributed by atoms with Crippen molar-refractivity contribution in [1.29, 1.82) is 0 Å². The normalized spacial score (nSPS) is 11.4. The Morgan fingerprint density at radius 3 is 2.50 bits per heavy atom. The number of nitrogens with zero attached hydrogens (tertiary/aromatic N) is 1. The summed E-state index contributed by atoms with van der Waals surface area (Å²) in [6.07, 6.45) is 0. The average Bonchev–Trinajstić information content (AvgIpc) is 2.38. The SMILES string of the molecule is COCCN(c1c(F)cccc1CNC(C)C)C(C)C. The third-order valence-electron chi connectivity index (χ3n) is 3.22. The molecule has 0 unspecified atom stereocenters. The van der Waals surface area contributed by atoms with Crippen LogP contribution in [0.15, 0.2) is 18.2 Å². The molecule has 1 rings (SSSR count). The summed E-state index contributed by atoms with van der Waals surface area (Å²) in [6.45, 7) is 10.3. The van der Waals surface area contributed by atoms with Gasteiger partial charge in [0.1, 0.15) is 5.82 Å². The molecule has 0 spiro atoms. The first-order valence-electron chi connectivity index (χ1n) is 7.23. The zero-order valence-corrected chi connectivity index (χ0v) is 13.2. The van der Waals surface area contributed by atoms with Crippen molar-refractivity contribution < 1.29 is 9.13 Å². The lowest BCUT2D eigenvalue weighted by molar-refractivity contribution is 0.203. The number of ether oxygens (including phenoxy) is 1. The minimum Gasteiger partial charge on any atom is -0.383 e. The molecule has 0 saturated heterocycles. The molecule has 0 aromatic heterocycles. The Morgan fingerprint density at radius 2 is 1.95 bits per heavy atom. The molecule has 0 aliphatic carbocycles. The molecule has 0 heterocycles. The largest absolute Gasteiger partial charge is 0.383 e. The summed E-state index contributed by atoms with van der Waals surface area (Å²) in [4.78, 5) is 2.07. The van der Waals surface area contributed by atoms with Crippen LogP contribution in [-0.2, 0) is 11.3 Å². The van der Waals surface area contributed by atoms with Crippen LogP contribution in [0, 0.1) is 5.82 Å². The first-order valence-corrected chi connectivity index (χ1v) is 7.23. The summed E-state index contributed by atoms with van der Waals surface area (Å²) < 4.78 is 19.4. The predicted molar refractivity (Wildman–Crippen MR) is 82.7 cm³/mol. The highest BCUT2D eigenvalue weighted by Gasteiger charge is 2.18. The van der Waals surface area contributed by atoms with Gasteiger partial charge in [0.25, 0.3) is 0 Å². The van der Waals surface area contributed by atoms with Crippen molar-refractivity contribution in [2.75, 3.05) is 25.2 Å². The van der Waals surface area contributed by atoms with Crippen molar-refractivity contribution in [3.05, 3.63) is 29.6 Å². The Balaban J connectivity index is 3.04. The van der Waals surface area contributed by atoms with E-state index in [0.29, 0.717) is 31.4 Å². The van der Waals surface area contributed by atoms with Crippen LogP contribution in [0.4, 0.5) is 10.1 Å². The van der Waals surface area contributed by atoms with Gasteiger partial charge in [-0.2, -0.15) is 0 Å². The second-order valence-electron chi connectivity index (χ2n) is 5.56. The second-order valence-corrected chi connectivity index (χ2v) is 5.56. The average molecular weight is 282 g/mol. The molecule has 1 aromatic carbocycles. The van der Waals surface area contributed by atoms with Gasteiger partial charge in [0, 0.05) is 32.3 Å². The van der Waals surface area contributed by atoms with E-state index in [1.807, 2.05) is 6.07 Å². The first kappa shape index (κ1) is 16.9. The summed E-state index contributed by atoms with van der Waals surface area (Å²) in [6, 6.07) is 5.87. The fourth-order valence-electron chi connectivity index (χ4n) is 2.16. The van der Waals surface area contributed by atoms with Crippen LogP contribution < -0.4 is 10.2 Å². The van der Waals surface area contributed by atoms with Gasteiger partial charge in [-0.25, -0.2) is 4.39 Å². The third-order valence-corrected chi connectivity index (χ3v) is 3.22. The van der Waals surface area contributed by atoms with E-state index < -0.39 is 0 Å². The fourth-order valence-corrected chi connectivity index (χ4v) is 2.16. The lowest BCUT2D eigenvalue weighted by Crippen LogP contribution is -2.36. The zero-order valence-electron chi connectivity index (χ0n) is 13.2. The highest BCUT2D eigenvalue weighted by molar-refractivity contribution is 5.55. The second kappa shape index (κ2) is 8.22. The smallest absolute Gasteiger partial charge is 0.146 e. The number of para-hydroxylation sites is 1. The molecular formula is C16H27FN2O. The molecule has 1 aromatic rings. The summed E-state index contributed by atoms with van der Waals surface area (Å²) in [5.74, 6) is -0.169. The summed E-state index contributed by atoms with van der Waals surface area (Å²) in [5, 5.41) is 3.35. The molecule has 0 bridgehead atoms. The number of nitrogens with one attached hydrogen (secondary N) is 1. The maximum absolute atomic E-state index is 14.3. The first-order chi connectivity index (χ1) is 9.47. The van der Waals surface area contributed by atoms with Crippen LogP contribution in [0.2, 0.25) is 0 Å². The summed E-state index contributed by atoms with van der Waals surface area (Å²) in [5.41, 5.74) is 1.68. The van der Waals surface area contributed by atoms with Gasteiger partial charge in [-0.1, -0.05) is 26.0 Å². The molecule has 4 heteroatoms. The monoisotopic (exact) mass is 282 g/mol. The highest BCUT2D eigenvalue weighted by Crippen LogP contribution is 2.26. The number of methoxy groups -OCH3 is 1. The minimum atomic E-state index is -0.169. The van der Waals surface area contributed by atoms with E-state index in [1.165, 1.54) is 6.07 Å². The Labute approximate surface area is 122 Å². The van der Waals surface area contributed by atoms with Crippen LogP contribution >= 0.6 is 0 Å². The van der Waals surface area contributed by atoms with Gasteiger partial charge in [-0.15, -0.1) is 0 Å². The van der Waals surface area contributed by atoms with Crippen LogP contribution in [0.1, 0.15) is 33.3 Å². The fraction of sp³-hybridized carbons (Fsp3) is 0.625. The Hall–Kier alpha value is -1.13. The molecule has 0 aliphatic rings. The van der Waals surface area contributed by atoms with Crippen LogP contribution in [0.3, 0.4) is 0 Å². The maximum Gasteiger partial charge on any atom is 0.146 e. The molecule has 114 valence electrons. The van der Waals surface area contributed by atoms with Crippen molar-refractivity contribution in [1.82, 2.24) is 5.32 Å². The van der Waals surface area contributed by atoms with Gasteiger partial charge in [0.15, 0.2) is 0 Å². The van der Waals surface area contributed by atoms with Crippen molar-refractivity contribution in [3.63, 3.8) is 0 Å². The van der Waals surface area contributed by atoms with E-state index in [4.69, 9.17) is 4.74 Å². The van der Waals surface area contributed by atoms with E-state index >= 15 is 0 Å². The van der Waals surface area contributed by atoms with E-state index in [2.05, 4.69) is 37.9 Å². The molecule has 3 nitrogen and oxygen atoms in total. The van der Waals surface area contributed by atoms with Crippen molar-refractivity contribution in [2.45, 2.75) is 46.3 Å². The standard InChI is InChI=1S/C16H27FN2O/c1-12(2)18-11-14-7-6-8-15(17)16(14)19(13(3)4)9-10-20-5/h6-8,12-13,18H,9-11H2,1-5H3. The zero-order chi connectivity index (χ0) is 15.1. The van der Waals surface area contributed by atoms with Gasteiger partial charge in [-0.3, -0.25) is 0 Å². The van der Waals surface area contributed by atoms with Gasteiger partial charge in [0.05, 0.1) is 12.3 Å². The van der Waals surface area contributed by atoms with Crippen LogP contribution in [-0.4, -0.2) is 32.3 Å². The quantitative estimate of drug-likeness (QED) is 0.792. The molecular weight excluding hydrogens is 255 g/mol.